The van der Waals surface area contributed by atoms with Crippen molar-refractivity contribution in [1.82, 2.24) is 0 Å². The van der Waals surface area contributed by atoms with E-state index in [0.29, 0.717) is 0 Å². The molecular weight excluding hydrogens is 371 g/mol. The number of anilines is 2. The maximum atomic E-state index is 15.2. The number of carbonyl (C=O) groups excluding carboxylic acids is 2. The van der Waals surface area contributed by atoms with Gasteiger partial charge in [0.25, 0.3) is 0 Å². The second kappa shape index (κ2) is 6.53. The molecule has 0 saturated carbocycles. The first kappa shape index (κ1) is 17.8. The Hall–Kier alpha value is -3.61. The van der Waals surface area contributed by atoms with E-state index in [9.17, 15) is 18.4 Å². The van der Waals surface area contributed by atoms with Gasteiger partial charge < -0.3 is 10.1 Å². The number of ketones is 2. The molecule has 0 fully saturated rings. The van der Waals surface area contributed by atoms with E-state index in [0.717, 1.165) is 0 Å². The number of ether oxygens (including phenoxy) is 1. The topological polar surface area (TPSA) is 55.4 Å². The van der Waals surface area contributed by atoms with Gasteiger partial charge in [-0.3, -0.25) is 9.59 Å². The molecule has 0 amide bonds. The van der Waals surface area contributed by atoms with Crippen LogP contribution in [0, 0.1) is 17.5 Å². The molecule has 3 aromatic carbocycles. The number of rotatable bonds is 3. The van der Waals surface area contributed by atoms with Gasteiger partial charge in [0.15, 0.2) is 29.0 Å². The number of hydrogen-bond donors (Lipinski definition) is 1. The zero-order valence-electron chi connectivity index (χ0n) is 14.5. The van der Waals surface area contributed by atoms with Crippen molar-refractivity contribution in [3.05, 3.63) is 88.2 Å². The van der Waals surface area contributed by atoms with Crippen LogP contribution in [0.3, 0.4) is 0 Å². The van der Waals surface area contributed by atoms with Crippen molar-refractivity contribution in [2.24, 2.45) is 0 Å². The molecule has 0 heterocycles. The van der Waals surface area contributed by atoms with E-state index in [2.05, 4.69) is 5.32 Å². The van der Waals surface area contributed by atoms with Crippen LogP contribution in [-0.2, 0) is 0 Å². The SMILES string of the molecule is COc1ccccc1Nc1c(F)c(F)c2c(c1F)C(=O)c1ccccc1C2=O. The number of hydrogen-bond acceptors (Lipinski definition) is 4. The Kier molecular flexibility index (Phi) is 4.15. The molecule has 1 aliphatic rings. The highest BCUT2D eigenvalue weighted by Gasteiger charge is 2.38. The van der Waals surface area contributed by atoms with Gasteiger partial charge in [-0.1, -0.05) is 36.4 Å². The standard InChI is InChI=1S/C21H12F3NO3/c1-28-13-9-5-4-8-12(13)25-19-17(23)15-14(16(22)18(19)24)20(26)10-6-2-3-7-11(10)21(15)27/h2-9,25H,1H3. The molecule has 1 aliphatic carbocycles. The fourth-order valence-electron chi connectivity index (χ4n) is 3.23. The molecule has 1 N–H and O–H groups in total. The Bertz CT molecular complexity index is 1160. The van der Waals surface area contributed by atoms with Crippen molar-refractivity contribution in [3.8, 4) is 5.75 Å². The average molecular weight is 383 g/mol. The molecule has 140 valence electrons. The first-order chi connectivity index (χ1) is 13.5. The first-order valence-electron chi connectivity index (χ1n) is 8.24. The molecule has 0 saturated heterocycles. The minimum Gasteiger partial charge on any atom is -0.495 e. The normalized spacial score (nSPS) is 12.4. The zero-order chi connectivity index (χ0) is 20.0. The number of carbonyl (C=O) groups is 2. The summed E-state index contributed by atoms with van der Waals surface area (Å²) in [5.74, 6) is -6.09. The van der Waals surface area contributed by atoms with Crippen molar-refractivity contribution in [1.29, 1.82) is 0 Å². The Morgan fingerprint density at radius 1 is 0.750 bits per heavy atom. The maximum absolute atomic E-state index is 15.2. The lowest BCUT2D eigenvalue weighted by Crippen LogP contribution is -2.25. The predicted molar refractivity (Wildman–Crippen MR) is 95.9 cm³/mol. The average Bonchev–Trinajstić information content (AvgIpc) is 2.72. The first-order valence-corrected chi connectivity index (χ1v) is 8.24. The number of para-hydroxylation sites is 2. The molecule has 0 radical (unpaired) electrons. The molecule has 0 unspecified atom stereocenters. The third-order valence-electron chi connectivity index (χ3n) is 4.56. The van der Waals surface area contributed by atoms with E-state index in [1.54, 1.807) is 12.1 Å². The van der Waals surface area contributed by atoms with Crippen LogP contribution in [0.1, 0.15) is 31.8 Å². The Morgan fingerprint density at radius 2 is 1.29 bits per heavy atom. The predicted octanol–water partition coefficient (Wildman–Crippen LogP) is 4.63. The van der Waals surface area contributed by atoms with Crippen molar-refractivity contribution >= 4 is 22.9 Å². The second-order valence-corrected chi connectivity index (χ2v) is 6.10. The number of halogens is 3. The highest BCUT2D eigenvalue weighted by atomic mass is 19.2. The monoisotopic (exact) mass is 383 g/mol. The quantitative estimate of drug-likeness (QED) is 0.524. The minimum absolute atomic E-state index is 0.0619. The van der Waals surface area contributed by atoms with E-state index in [4.69, 9.17) is 4.74 Å². The third kappa shape index (κ3) is 2.47. The largest absolute Gasteiger partial charge is 0.495 e. The van der Waals surface area contributed by atoms with Crippen LogP contribution >= 0.6 is 0 Å². The molecule has 0 aromatic heterocycles. The summed E-state index contributed by atoms with van der Waals surface area (Å²) in [5.41, 5.74) is -2.56. The highest BCUT2D eigenvalue weighted by molar-refractivity contribution is 6.28. The van der Waals surface area contributed by atoms with Gasteiger partial charge in [-0.05, 0) is 12.1 Å². The summed E-state index contributed by atoms with van der Waals surface area (Å²) in [4.78, 5) is 25.3. The van der Waals surface area contributed by atoms with Crippen LogP contribution in [-0.4, -0.2) is 18.7 Å². The fourth-order valence-corrected chi connectivity index (χ4v) is 3.23. The van der Waals surface area contributed by atoms with Crippen molar-refractivity contribution in [2.75, 3.05) is 12.4 Å². The molecule has 3 aromatic rings. The van der Waals surface area contributed by atoms with Gasteiger partial charge in [-0.25, -0.2) is 13.2 Å². The van der Waals surface area contributed by atoms with Crippen molar-refractivity contribution in [2.45, 2.75) is 0 Å². The van der Waals surface area contributed by atoms with Crippen molar-refractivity contribution in [3.63, 3.8) is 0 Å². The van der Waals surface area contributed by atoms with Gasteiger partial charge in [-0.15, -0.1) is 0 Å². The van der Waals surface area contributed by atoms with E-state index < -0.39 is 45.8 Å². The van der Waals surface area contributed by atoms with Crippen LogP contribution in [0.15, 0.2) is 48.5 Å². The lowest BCUT2D eigenvalue weighted by molar-refractivity contribution is 0.0971. The Balaban J connectivity index is 1.94. The van der Waals surface area contributed by atoms with Gasteiger partial charge in [0.05, 0.1) is 23.9 Å². The molecule has 0 bridgehead atoms. The van der Waals surface area contributed by atoms with Gasteiger partial charge in [0, 0.05) is 11.1 Å². The molecule has 28 heavy (non-hydrogen) atoms. The second-order valence-electron chi connectivity index (χ2n) is 6.10. The summed E-state index contributed by atoms with van der Waals surface area (Å²) in [7, 11) is 1.36. The molecular formula is C21H12F3NO3. The summed E-state index contributed by atoms with van der Waals surface area (Å²) in [6.07, 6.45) is 0. The van der Waals surface area contributed by atoms with Crippen LogP contribution in [0.5, 0.6) is 5.75 Å². The van der Waals surface area contributed by atoms with Gasteiger partial charge in [-0.2, -0.15) is 0 Å². The van der Waals surface area contributed by atoms with E-state index >= 15 is 4.39 Å². The molecule has 7 heteroatoms. The van der Waals surface area contributed by atoms with Crippen LogP contribution in [0.25, 0.3) is 0 Å². The third-order valence-corrected chi connectivity index (χ3v) is 4.56. The smallest absolute Gasteiger partial charge is 0.197 e. The summed E-state index contributed by atoms with van der Waals surface area (Å²) >= 11 is 0. The fraction of sp³-hybridized carbons (Fsp3) is 0.0476. The highest BCUT2D eigenvalue weighted by Crippen LogP contribution is 2.38. The van der Waals surface area contributed by atoms with Gasteiger partial charge in [0.2, 0.25) is 0 Å². The van der Waals surface area contributed by atoms with Crippen LogP contribution < -0.4 is 10.1 Å². The lowest BCUT2D eigenvalue weighted by atomic mass is 9.83. The minimum atomic E-state index is -1.59. The number of methoxy groups -OCH3 is 1. The molecule has 4 rings (SSSR count). The van der Waals surface area contributed by atoms with Crippen LogP contribution in [0.2, 0.25) is 0 Å². The maximum Gasteiger partial charge on any atom is 0.197 e. The van der Waals surface area contributed by atoms with E-state index in [-0.39, 0.29) is 22.6 Å². The molecule has 0 aliphatic heterocycles. The molecule has 0 spiro atoms. The van der Waals surface area contributed by atoms with Crippen LogP contribution in [0.4, 0.5) is 24.5 Å². The summed E-state index contributed by atoms with van der Waals surface area (Å²) in [6.45, 7) is 0. The number of fused-ring (bicyclic) bond motifs is 2. The molecule has 4 nitrogen and oxygen atoms in total. The lowest BCUT2D eigenvalue weighted by Gasteiger charge is -2.21. The van der Waals surface area contributed by atoms with Crippen molar-refractivity contribution < 1.29 is 27.5 Å². The zero-order valence-corrected chi connectivity index (χ0v) is 14.5. The van der Waals surface area contributed by atoms with E-state index in [1.807, 2.05) is 0 Å². The Labute approximate surface area is 157 Å². The van der Waals surface area contributed by atoms with Gasteiger partial charge in [0.1, 0.15) is 11.4 Å². The Morgan fingerprint density at radius 3 is 1.89 bits per heavy atom. The number of nitrogens with one attached hydrogen (secondary N) is 1. The summed E-state index contributed by atoms with van der Waals surface area (Å²) < 4.78 is 49.7. The van der Waals surface area contributed by atoms with E-state index in [1.165, 1.54) is 43.5 Å². The number of benzene rings is 3. The van der Waals surface area contributed by atoms with Gasteiger partial charge >= 0.3 is 0 Å². The summed E-state index contributed by atoms with van der Waals surface area (Å²) in [5, 5.41) is 2.43. The molecule has 0 atom stereocenters. The summed E-state index contributed by atoms with van der Waals surface area (Å²) in [6, 6.07) is 11.9.